The molecule has 164 valence electrons. The van der Waals surface area contributed by atoms with Gasteiger partial charge in [0.1, 0.15) is 0 Å². The Morgan fingerprint density at radius 1 is 0.875 bits per heavy atom. The van der Waals surface area contributed by atoms with Gasteiger partial charge in [0, 0.05) is 17.3 Å². The lowest BCUT2D eigenvalue weighted by Crippen LogP contribution is -2.26. The van der Waals surface area contributed by atoms with Gasteiger partial charge in [-0.1, -0.05) is 42.5 Å². The molecule has 0 spiro atoms. The summed E-state index contributed by atoms with van der Waals surface area (Å²) in [5, 5.41) is 5.75. The highest BCUT2D eigenvalue weighted by Gasteiger charge is 2.12. The van der Waals surface area contributed by atoms with Gasteiger partial charge >= 0.3 is 0 Å². The van der Waals surface area contributed by atoms with Gasteiger partial charge in [0.2, 0.25) is 5.91 Å². The van der Waals surface area contributed by atoms with Crippen molar-refractivity contribution in [2.45, 2.75) is 13.0 Å². The standard InChI is InChI=1S/C26H26N2O4/c1-18(20-8-5-4-6-9-20)27-26(30)21-10-7-11-22(17-21)28-25(29)15-13-19-12-14-23(31-2)24(16-19)32-3/h4-18H,1-3H3,(H,27,30)(H,28,29)/b15-13+. The molecule has 0 saturated heterocycles. The maximum atomic E-state index is 12.6. The van der Waals surface area contributed by atoms with Crippen LogP contribution in [-0.2, 0) is 4.79 Å². The van der Waals surface area contributed by atoms with E-state index in [0.29, 0.717) is 22.7 Å². The summed E-state index contributed by atoms with van der Waals surface area (Å²) in [4.78, 5) is 25.0. The zero-order valence-electron chi connectivity index (χ0n) is 18.3. The fraction of sp³-hybridized carbons (Fsp3) is 0.154. The summed E-state index contributed by atoms with van der Waals surface area (Å²) >= 11 is 0. The van der Waals surface area contributed by atoms with Crippen molar-refractivity contribution in [1.29, 1.82) is 0 Å². The fourth-order valence-electron chi connectivity index (χ4n) is 3.16. The molecule has 6 heteroatoms. The minimum absolute atomic E-state index is 0.133. The number of nitrogens with one attached hydrogen (secondary N) is 2. The Labute approximate surface area is 187 Å². The van der Waals surface area contributed by atoms with Crippen LogP contribution >= 0.6 is 0 Å². The minimum atomic E-state index is -0.310. The largest absolute Gasteiger partial charge is 0.493 e. The number of rotatable bonds is 8. The Bertz CT molecular complexity index is 1110. The Kier molecular flexibility index (Phi) is 7.65. The number of carbonyl (C=O) groups is 2. The molecule has 0 saturated carbocycles. The highest BCUT2D eigenvalue weighted by Crippen LogP contribution is 2.28. The van der Waals surface area contributed by atoms with Crippen LogP contribution < -0.4 is 20.1 Å². The van der Waals surface area contributed by atoms with E-state index in [4.69, 9.17) is 9.47 Å². The number of hydrogen-bond donors (Lipinski definition) is 2. The van der Waals surface area contributed by atoms with Crippen molar-refractivity contribution in [1.82, 2.24) is 5.32 Å². The molecular formula is C26H26N2O4. The molecule has 0 aliphatic carbocycles. The van der Waals surface area contributed by atoms with Crippen LogP contribution in [0.25, 0.3) is 6.08 Å². The van der Waals surface area contributed by atoms with Gasteiger partial charge in [0.15, 0.2) is 11.5 Å². The molecule has 0 heterocycles. The molecule has 3 rings (SSSR count). The number of anilines is 1. The number of amides is 2. The maximum Gasteiger partial charge on any atom is 0.251 e. The predicted molar refractivity (Wildman–Crippen MR) is 126 cm³/mol. The van der Waals surface area contributed by atoms with E-state index >= 15 is 0 Å². The van der Waals surface area contributed by atoms with Gasteiger partial charge < -0.3 is 20.1 Å². The van der Waals surface area contributed by atoms with E-state index in [1.807, 2.05) is 43.3 Å². The number of benzene rings is 3. The van der Waals surface area contributed by atoms with Gasteiger partial charge in [0.25, 0.3) is 5.91 Å². The highest BCUT2D eigenvalue weighted by molar-refractivity contribution is 6.03. The third-order valence-corrected chi connectivity index (χ3v) is 4.87. The van der Waals surface area contributed by atoms with Crippen LogP contribution in [0, 0.1) is 0 Å². The Hall–Kier alpha value is -4.06. The second-order valence-electron chi connectivity index (χ2n) is 7.12. The lowest BCUT2D eigenvalue weighted by atomic mass is 10.1. The molecule has 1 unspecified atom stereocenters. The van der Waals surface area contributed by atoms with Crippen molar-refractivity contribution in [3.05, 3.63) is 95.6 Å². The summed E-state index contributed by atoms with van der Waals surface area (Å²) in [6.07, 6.45) is 3.10. The van der Waals surface area contributed by atoms with Crippen molar-refractivity contribution in [3.8, 4) is 11.5 Å². The molecule has 0 aliphatic rings. The Morgan fingerprint density at radius 3 is 2.34 bits per heavy atom. The number of ether oxygens (including phenoxy) is 2. The molecule has 2 amide bonds. The topological polar surface area (TPSA) is 76.7 Å². The molecule has 6 nitrogen and oxygen atoms in total. The third kappa shape index (κ3) is 5.98. The zero-order valence-corrected chi connectivity index (χ0v) is 18.3. The molecule has 0 aromatic heterocycles. The van der Waals surface area contributed by atoms with Crippen molar-refractivity contribution in [2.75, 3.05) is 19.5 Å². The molecule has 0 fully saturated rings. The van der Waals surface area contributed by atoms with Gasteiger partial charge in [-0.3, -0.25) is 9.59 Å². The van der Waals surface area contributed by atoms with Crippen LogP contribution in [0.3, 0.4) is 0 Å². The lowest BCUT2D eigenvalue weighted by molar-refractivity contribution is -0.111. The minimum Gasteiger partial charge on any atom is -0.493 e. The summed E-state index contributed by atoms with van der Waals surface area (Å²) < 4.78 is 10.5. The summed E-state index contributed by atoms with van der Waals surface area (Å²) in [6, 6.07) is 21.8. The first-order chi connectivity index (χ1) is 15.5. The Morgan fingerprint density at radius 2 is 1.62 bits per heavy atom. The van der Waals surface area contributed by atoms with Crippen molar-refractivity contribution >= 4 is 23.6 Å². The fourth-order valence-corrected chi connectivity index (χ4v) is 3.16. The summed E-state index contributed by atoms with van der Waals surface area (Å²) in [7, 11) is 3.12. The normalized spacial score (nSPS) is 11.6. The molecule has 32 heavy (non-hydrogen) atoms. The van der Waals surface area contributed by atoms with E-state index in [1.165, 1.54) is 6.08 Å². The van der Waals surface area contributed by atoms with Crippen molar-refractivity contribution in [2.24, 2.45) is 0 Å². The molecule has 0 bridgehead atoms. The van der Waals surface area contributed by atoms with Gasteiger partial charge in [-0.25, -0.2) is 0 Å². The van der Waals surface area contributed by atoms with Crippen molar-refractivity contribution < 1.29 is 19.1 Å². The Balaban J connectivity index is 1.63. The third-order valence-electron chi connectivity index (χ3n) is 4.87. The number of methoxy groups -OCH3 is 2. The molecule has 3 aromatic rings. The maximum absolute atomic E-state index is 12.6. The van der Waals surface area contributed by atoms with Crippen LogP contribution in [0.2, 0.25) is 0 Å². The van der Waals surface area contributed by atoms with E-state index in [9.17, 15) is 9.59 Å². The van der Waals surface area contributed by atoms with Crippen LogP contribution in [0.15, 0.2) is 78.9 Å². The van der Waals surface area contributed by atoms with E-state index in [2.05, 4.69) is 10.6 Å². The first-order valence-corrected chi connectivity index (χ1v) is 10.2. The predicted octanol–water partition coefficient (Wildman–Crippen LogP) is 4.85. The molecule has 3 aromatic carbocycles. The van der Waals surface area contributed by atoms with Crippen molar-refractivity contribution in [3.63, 3.8) is 0 Å². The van der Waals surface area contributed by atoms with E-state index < -0.39 is 0 Å². The van der Waals surface area contributed by atoms with Crippen LogP contribution in [0.4, 0.5) is 5.69 Å². The number of carbonyl (C=O) groups excluding carboxylic acids is 2. The quantitative estimate of drug-likeness (QED) is 0.501. The van der Waals surface area contributed by atoms with Gasteiger partial charge in [-0.15, -0.1) is 0 Å². The van der Waals surface area contributed by atoms with E-state index in [0.717, 1.165) is 11.1 Å². The lowest BCUT2D eigenvalue weighted by Gasteiger charge is -2.14. The van der Waals surface area contributed by atoms with Crippen LogP contribution in [0.1, 0.15) is 34.5 Å². The highest BCUT2D eigenvalue weighted by atomic mass is 16.5. The smallest absolute Gasteiger partial charge is 0.251 e. The monoisotopic (exact) mass is 430 g/mol. The van der Waals surface area contributed by atoms with Gasteiger partial charge in [-0.2, -0.15) is 0 Å². The molecule has 0 aliphatic heterocycles. The summed E-state index contributed by atoms with van der Waals surface area (Å²) in [5.74, 6) is 0.678. The van der Waals surface area contributed by atoms with Crippen LogP contribution in [0.5, 0.6) is 11.5 Å². The van der Waals surface area contributed by atoms with E-state index in [1.54, 1.807) is 56.7 Å². The second kappa shape index (κ2) is 10.8. The average molecular weight is 431 g/mol. The molecule has 1 atom stereocenters. The zero-order chi connectivity index (χ0) is 22.9. The summed E-state index contributed by atoms with van der Waals surface area (Å²) in [6.45, 7) is 1.93. The molecule has 0 radical (unpaired) electrons. The van der Waals surface area contributed by atoms with E-state index in [-0.39, 0.29) is 17.9 Å². The molecular weight excluding hydrogens is 404 g/mol. The first-order valence-electron chi connectivity index (χ1n) is 10.2. The average Bonchev–Trinajstić information content (AvgIpc) is 2.83. The van der Waals surface area contributed by atoms with Gasteiger partial charge in [0.05, 0.1) is 20.3 Å². The molecule has 2 N–H and O–H groups in total. The first kappa shape index (κ1) is 22.6. The summed E-state index contributed by atoms with van der Waals surface area (Å²) in [5.41, 5.74) is 2.81. The van der Waals surface area contributed by atoms with Crippen LogP contribution in [-0.4, -0.2) is 26.0 Å². The number of hydrogen-bond acceptors (Lipinski definition) is 4. The second-order valence-corrected chi connectivity index (χ2v) is 7.12. The SMILES string of the molecule is COc1ccc(/C=C/C(=O)Nc2cccc(C(=O)NC(C)c3ccccc3)c2)cc1OC. The van der Waals surface area contributed by atoms with Gasteiger partial charge in [-0.05, 0) is 54.5 Å².